The number of hydrogen-bond acceptors (Lipinski definition) is 4. The topological polar surface area (TPSA) is 86.8 Å². The Labute approximate surface area is 240 Å². The van der Waals surface area contributed by atoms with Crippen LogP contribution in [-0.2, 0) is 26.2 Å². The lowest BCUT2D eigenvalue weighted by molar-refractivity contribution is -0.139. The molecule has 208 valence electrons. The fourth-order valence-electron chi connectivity index (χ4n) is 3.94. The second kappa shape index (κ2) is 13.3. The van der Waals surface area contributed by atoms with Crippen LogP contribution in [0, 0.1) is 6.92 Å². The molecule has 1 N–H and O–H groups in total. The lowest BCUT2D eigenvalue weighted by Gasteiger charge is -2.32. The van der Waals surface area contributed by atoms with E-state index in [1.807, 2.05) is 45.0 Å². The van der Waals surface area contributed by atoms with Gasteiger partial charge >= 0.3 is 0 Å². The van der Waals surface area contributed by atoms with Crippen molar-refractivity contribution < 1.29 is 18.0 Å². The van der Waals surface area contributed by atoms with Crippen LogP contribution in [0.3, 0.4) is 0 Å². The maximum absolute atomic E-state index is 13.9. The van der Waals surface area contributed by atoms with Crippen molar-refractivity contribution in [2.75, 3.05) is 10.8 Å². The lowest BCUT2D eigenvalue weighted by Crippen LogP contribution is -2.52. The molecular weight excluding hydrogens is 557 g/mol. The van der Waals surface area contributed by atoms with Crippen molar-refractivity contribution in [3.8, 4) is 0 Å². The molecule has 0 aliphatic heterocycles. The smallest absolute Gasteiger partial charge is 0.264 e. The average Bonchev–Trinajstić information content (AvgIpc) is 2.91. The Morgan fingerprint density at radius 1 is 0.923 bits per heavy atom. The summed E-state index contributed by atoms with van der Waals surface area (Å²) >= 11 is 12.3. The summed E-state index contributed by atoms with van der Waals surface area (Å²) in [6.45, 7) is 6.98. The van der Waals surface area contributed by atoms with Crippen LogP contribution < -0.4 is 9.62 Å². The van der Waals surface area contributed by atoms with Gasteiger partial charge in [0.25, 0.3) is 10.0 Å². The fraction of sp³-hybridized carbons (Fsp3) is 0.310. The third-order valence-corrected chi connectivity index (χ3v) is 8.93. The van der Waals surface area contributed by atoms with Crippen molar-refractivity contribution in [2.24, 2.45) is 0 Å². The maximum Gasteiger partial charge on any atom is 0.264 e. The van der Waals surface area contributed by atoms with E-state index in [4.69, 9.17) is 23.2 Å². The number of nitrogens with one attached hydrogen (secondary N) is 1. The molecule has 0 aliphatic rings. The molecule has 0 aromatic heterocycles. The number of nitrogens with zero attached hydrogens (tertiary/aromatic N) is 2. The van der Waals surface area contributed by atoms with Gasteiger partial charge in [-0.05, 0) is 63.1 Å². The largest absolute Gasteiger partial charge is 0.352 e. The second-order valence-corrected chi connectivity index (χ2v) is 12.1. The average molecular weight is 591 g/mol. The third-order valence-electron chi connectivity index (χ3n) is 6.40. The molecule has 0 saturated carbocycles. The summed E-state index contributed by atoms with van der Waals surface area (Å²) < 4.78 is 28.6. The summed E-state index contributed by atoms with van der Waals surface area (Å²) in [5, 5.41) is 3.32. The van der Waals surface area contributed by atoms with Gasteiger partial charge < -0.3 is 10.2 Å². The first-order valence-electron chi connectivity index (χ1n) is 12.6. The first-order valence-corrected chi connectivity index (χ1v) is 14.8. The number of carbonyl (C=O) groups excluding carboxylic acids is 2. The van der Waals surface area contributed by atoms with E-state index in [-0.39, 0.29) is 39.1 Å². The molecule has 7 nitrogen and oxygen atoms in total. The van der Waals surface area contributed by atoms with E-state index in [9.17, 15) is 18.0 Å². The molecule has 2 amide bonds. The molecular formula is C29H33Cl2N3O4S. The predicted molar refractivity (Wildman–Crippen MR) is 157 cm³/mol. The van der Waals surface area contributed by atoms with Gasteiger partial charge in [0.1, 0.15) is 12.6 Å². The molecule has 2 atom stereocenters. The van der Waals surface area contributed by atoms with E-state index < -0.39 is 28.5 Å². The van der Waals surface area contributed by atoms with Crippen molar-refractivity contribution in [1.82, 2.24) is 10.2 Å². The van der Waals surface area contributed by atoms with Crippen LogP contribution in [0.5, 0.6) is 0 Å². The predicted octanol–water partition coefficient (Wildman–Crippen LogP) is 5.83. The van der Waals surface area contributed by atoms with Crippen LogP contribution in [0.4, 0.5) is 5.69 Å². The van der Waals surface area contributed by atoms with Gasteiger partial charge in [0.15, 0.2) is 0 Å². The highest BCUT2D eigenvalue weighted by molar-refractivity contribution is 7.92. The summed E-state index contributed by atoms with van der Waals surface area (Å²) in [5.74, 6) is -0.869. The Morgan fingerprint density at radius 3 is 2.23 bits per heavy atom. The summed E-state index contributed by atoms with van der Waals surface area (Å²) in [6, 6.07) is 18.9. The monoisotopic (exact) mass is 589 g/mol. The molecule has 0 saturated heterocycles. The van der Waals surface area contributed by atoms with E-state index in [0.717, 1.165) is 21.9 Å². The number of sulfonamides is 1. The zero-order valence-corrected chi connectivity index (χ0v) is 24.7. The normalized spacial score (nSPS) is 12.9. The van der Waals surface area contributed by atoms with Gasteiger partial charge in [0.2, 0.25) is 11.8 Å². The van der Waals surface area contributed by atoms with Crippen molar-refractivity contribution >= 4 is 50.7 Å². The standard InChI is InChI=1S/C29H33Cl2N3O4S/c1-5-21(3)32-29(36)22(4)33(18-23-11-9-10-20(2)16-23)28(35)19-34(24-14-15-26(30)27(31)17-24)39(37,38)25-12-7-6-8-13-25/h6-17,21-22H,5,18-19H2,1-4H3,(H,32,36)/t21-,22-/m0/s1. The Bertz CT molecular complexity index is 1420. The van der Waals surface area contributed by atoms with Gasteiger partial charge in [0.05, 0.1) is 20.6 Å². The zero-order chi connectivity index (χ0) is 28.7. The van der Waals surface area contributed by atoms with Gasteiger partial charge in [-0.15, -0.1) is 0 Å². The number of rotatable bonds is 11. The summed E-state index contributed by atoms with van der Waals surface area (Å²) in [6.07, 6.45) is 0.727. The molecule has 39 heavy (non-hydrogen) atoms. The summed E-state index contributed by atoms with van der Waals surface area (Å²) in [4.78, 5) is 28.4. The molecule has 0 radical (unpaired) electrons. The van der Waals surface area contributed by atoms with Crippen LogP contribution in [0.1, 0.15) is 38.3 Å². The van der Waals surface area contributed by atoms with Crippen LogP contribution in [-0.4, -0.2) is 43.8 Å². The molecule has 0 spiro atoms. The number of anilines is 1. The molecule has 10 heteroatoms. The van der Waals surface area contributed by atoms with E-state index >= 15 is 0 Å². The number of hydrogen-bond donors (Lipinski definition) is 1. The van der Waals surface area contributed by atoms with Crippen molar-refractivity contribution in [3.63, 3.8) is 0 Å². The van der Waals surface area contributed by atoms with Crippen molar-refractivity contribution in [2.45, 2.75) is 57.6 Å². The fourth-order valence-corrected chi connectivity index (χ4v) is 5.66. The molecule has 3 rings (SSSR count). The molecule has 3 aromatic rings. The number of aryl methyl sites for hydroxylation is 1. The van der Waals surface area contributed by atoms with E-state index in [1.165, 1.54) is 35.2 Å². The Kier molecular flexibility index (Phi) is 10.4. The third kappa shape index (κ3) is 7.75. The molecule has 0 aliphatic carbocycles. The summed E-state index contributed by atoms with van der Waals surface area (Å²) in [5.41, 5.74) is 1.99. The Hall–Kier alpha value is -3.07. The number of benzene rings is 3. The molecule has 3 aromatic carbocycles. The first kappa shape index (κ1) is 30.5. The van der Waals surface area contributed by atoms with Gasteiger partial charge in [-0.1, -0.05) is 78.2 Å². The zero-order valence-electron chi connectivity index (χ0n) is 22.4. The van der Waals surface area contributed by atoms with E-state index in [2.05, 4.69) is 5.32 Å². The SMILES string of the molecule is CC[C@H](C)NC(=O)[C@H](C)N(Cc1cccc(C)c1)C(=O)CN(c1ccc(Cl)c(Cl)c1)S(=O)(=O)c1ccccc1. The van der Waals surface area contributed by atoms with Crippen LogP contribution >= 0.6 is 23.2 Å². The first-order chi connectivity index (χ1) is 18.4. The quantitative estimate of drug-likeness (QED) is 0.305. The van der Waals surface area contributed by atoms with Crippen LogP contribution in [0.25, 0.3) is 0 Å². The molecule has 0 unspecified atom stereocenters. The van der Waals surface area contributed by atoms with Crippen molar-refractivity contribution in [1.29, 1.82) is 0 Å². The number of amides is 2. The highest BCUT2D eigenvalue weighted by atomic mass is 35.5. The Balaban J connectivity index is 2.04. The van der Waals surface area contributed by atoms with Gasteiger partial charge in [-0.25, -0.2) is 8.42 Å². The highest BCUT2D eigenvalue weighted by Gasteiger charge is 2.33. The lowest BCUT2D eigenvalue weighted by atomic mass is 10.1. The highest BCUT2D eigenvalue weighted by Crippen LogP contribution is 2.31. The van der Waals surface area contributed by atoms with E-state index in [0.29, 0.717) is 0 Å². The van der Waals surface area contributed by atoms with Gasteiger partial charge in [0, 0.05) is 12.6 Å². The molecule has 0 bridgehead atoms. The molecule has 0 heterocycles. The second-order valence-electron chi connectivity index (χ2n) is 9.43. The summed E-state index contributed by atoms with van der Waals surface area (Å²) in [7, 11) is -4.18. The maximum atomic E-state index is 13.9. The minimum absolute atomic E-state index is 0.0108. The van der Waals surface area contributed by atoms with Gasteiger partial charge in [-0.3, -0.25) is 13.9 Å². The van der Waals surface area contributed by atoms with E-state index in [1.54, 1.807) is 25.1 Å². The Morgan fingerprint density at radius 2 is 1.62 bits per heavy atom. The van der Waals surface area contributed by atoms with Crippen LogP contribution in [0.15, 0.2) is 77.7 Å². The van der Waals surface area contributed by atoms with Crippen LogP contribution in [0.2, 0.25) is 10.0 Å². The molecule has 0 fully saturated rings. The van der Waals surface area contributed by atoms with Crippen molar-refractivity contribution in [3.05, 3.63) is 94.0 Å². The minimum atomic E-state index is -4.18. The van der Waals surface area contributed by atoms with Gasteiger partial charge in [-0.2, -0.15) is 0 Å². The number of carbonyl (C=O) groups is 2. The minimum Gasteiger partial charge on any atom is -0.352 e. The number of halogens is 2.